The van der Waals surface area contributed by atoms with Crippen molar-refractivity contribution in [2.45, 2.75) is 19.2 Å². The molecule has 0 saturated heterocycles. The molecule has 0 aliphatic rings. The van der Waals surface area contributed by atoms with Crippen molar-refractivity contribution >= 4 is 34.0 Å². The Hall–Kier alpha value is -1.40. The number of carbonyl (C=O) groups is 1. The van der Waals surface area contributed by atoms with Crippen molar-refractivity contribution in [2.24, 2.45) is 0 Å². The molecular weight excluding hydrogens is 262 g/mol. The van der Waals surface area contributed by atoms with E-state index in [-0.39, 0.29) is 17.0 Å². The van der Waals surface area contributed by atoms with Gasteiger partial charge in [-0.1, -0.05) is 11.3 Å². The number of halogens is 1. The first-order valence-electron chi connectivity index (χ1n) is 4.91. The Morgan fingerprint density at radius 1 is 1.53 bits per heavy atom. The Bertz CT molecular complexity index is 535. The maximum atomic E-state index is 11.8. The molecule has 2 heterocycles. The highest BCUT2D eigenvalue weighted by molar-refractivity contribution is 7.15. The molecule has 5 nitrogen and oxygen atoms in total. The summed E-state index contributed by atoms with van der Waals surface area (Å²) in [4.78, 5) is 11.8. The third-order valence-electron chi connectivity index (χ3n) is 1.99. The molecule has 7 heteroatoms. The fraction of sp³-hybridized carbons (Fsp3) is 0.300. The van der Waals surface area contributed by atoms with Crippen LogP contribution in [0.2, 0.25) is 0 Å². The highest BCUT2D eigenvalue weighted by atomic mass is 35.5. The average Bonchev–Trinajstić information content (AvgIpc) is 2.86. The van der Waals surface area contributed by atoms with E-state index in [1.54, 1.807) is 19.1 Å². The quantitative estimate of drug-likeness (QED) is 0.872. The zero-order valence-corrected chi connectivity index (χ0v) is 10.8. The van der Waals surface area contributed by atoms with E-state index in [9.17, 15) is 4.79 Å². The molecule has 1 N–H and O–H groups in total. The van der Waals surface area contributed by atoms with Gasteiger partial charge in [0.15, 0.2) is 5.76 Å². The molecule has 90 valence electrons. The van der Waals surface area contributed by atoms with Gasteiger partial charge in [0.2, 0.25) is 5.13 Å². The molecule has 17 heavy (non-hydrogen) atoms. The zero-order chi connectivity index (χ0) is 12.4. The van der Waals surface area contributed by atoms with Gasteiger partial charge in [-0.15, -0.1) is 21.8 Å². The van der Waals surface area contributed by atoms with E-state index in [0.717, 1.165) is 5.01 Å². The van der Waals surface area contributed by atoms with E-state index in [1.807, 2.05) is 6.92 Å². The van der Waals surface area contributed by atoms with E-state index >= 15 is 0 Å². The first-order valence-corrected chi connectivity index (χ1v) is 6.17. The van der Waals surface area contributed by atoms with Crippen LogP contribution in [0.5, 0.6) is 0 Å². The molecule has 0 radical (unpaired) electrons. The molecule has 2 rings (SSSR count). The van der Waals surface area contributed by atoms with E-state index in [1.165, 1.54) is 11.3 Å². The summed E-state index contributed by atoms with van der Waals surface area (Å²) in [5, 5.41) is 11.2. The van der Waals surface area contributed by atoms with Gasteiger partial charge in [0, 0.05) is 0 Å². The van der Waals surface area contributed by atoms with Crippen LogP contribution in [0.15, 0.2) is 16.5 Å². The van der Waals surface area contributed by atoms with Crippen molar-refractivity contribution in [3.63, 3.8) is 0 Å². The number of nitrogens with zero attached hydrogens (tertiary/aromatic N) is 2. The molecule has 0 fully saturated rings. The molecule has 1 unspecified atom stereocenters. The van der Waals surface area contributed by atoms with E-state index in [2.05, 4.69) is 15.5 Å². The van der Waals surface area contributed by atoms with Crippen LogP contribution in [0.4, 0.5) is 5.13 Å². The predicted molar refractivity (Wildman–Crippen MR) is 65.6 cm³/mol. The summed E-state index contributed by atoms with van der Waals surface area (Å²) >= 11 is 7.14. The molecule has 0 saturated carbocycles. The van der Waals surface area contributed by atoms with Gasteiger partial charge >= 0.3 is 0 Å². The second-order valence-electron chi connectivity index (χ2n) is 3.40. The van der Waals surface area contributed by atoms with Crippen LogP contribution in [0.25, 0.3) is 0 Å². The maximum Gasteiger partial charge on any atom is 0.293 e. The summed E-state index contributed by atoms with van der Waals surface area (Å²) < 4.78 is 5.30. The maximum absolute atomic E-state index is 11.8. The van der Waals surface area contributed by atoms with Crippen LogP contribution in [0.1, 0.15) is 33.6 Å². The third-order valence-corrected chi connectivity index (χ3v) is 2.96. The van der Waals surface area contributed by atoms with Gasteiger partial charge in [-0.3, -0.25) is 10.1 Å². The highest BCUT2D eigenvalue weighted by Gasteiger charge is 2.15. The normalized spacial score (nSPS) is 12.4. The van der Waals surface area contributed by atoms with Crippen molar-refractivity contribution in [3.8, 4) is 0 Å². The molecular formula is C10H10ClN3O2S. The van der Waals surface area contributed by atoms with Gasteiger partial charge in [-0.2, -0.15) is 0 Å². The predicted octanol–water partition coefficient (Wildman–Crippen LogP) is 2.99. The Morgan fingerprint density at radius 2 is 2.29 bits per heavy atom. The Balaban J connectivity index is 2.09. The summed E-state index contributed by atoms with van der Waals surface area (Å²) in [7, 11) is 0. The SMILES string of the molecule is Cc1nnc(NC(=O)c2ccc(C(C)Cl)o2)s1. The van der Waals surface area contributed by atoms with Gasteiger partial charge in [-0.25, -0.2) is 0 Å². The molecule has 2 aromatic heterocycles. The second kappa shape index (κ2) is 4.85. The summed E-state index contributed by atoms with van der Waals surface area (Å²) in [6.07, 6.45) is 0. The lowest BCUT2D eigenvalue weighted by molar-refractivity contribution is 0.0995. The summed E-state index contributed by atoms with van der Waals surface area (Å²) in [5.74, 6) is 0.412. The Labute approximate surface area is 107 Å². The molecule has 0 aliphatic carbocycles. The Morgan fingerprint density at radius 3 is 2.82 bits per heavy atom. The van der Waals surface area contributed by atoms with Crippen molar-refractivity contribution in [3.05, 3.63) is 28.7 Å². The van der Waals surface area contributed by atoms with E-state index in [0.29, 0.717) is 10.9 Å². The smallest absolute Gasteiger partial charge is 0.293 e. The fourth-order valence-electron chi connectivity index (χ4n) is 1.19. The van der Waals surface area contributed by atoms with Gasteiger partial charge in [0.1, 0.15) is 10.8 Å². The van der Waals surface area contributed by atoms with Gasteiger partial charge in [0.25, 0.3) is 5.91 Å². The average molecular weight is 272 g/mol. The number of carbonyl (C=O) groups excluding carboxylic acids is 1. The lowest BCUT2D eigenvalue weighted by Crippen LogP contribution is -2.10. The van der Waals surface area contributed by atoms with Crippen LogP contribution in [0, 0.1) is 6.92 Å². The largest absolute Gasteiger partial charge is 0.454 e. The summed E-state index contributed by atoms with van der Waals surface area (Å²) in [6.45, 7) is 3.59. The fourth-order valence-corrected chi connectivity index (χ4v) is 1.90. The van der Waals surface area contributed by atoms with Crippen molar-refractivity contribution < 1.29 is 9.21 Å². The number of aryl methyl sites for hydroxylation is 1. The zero-order valence-electron chi connectivity index (χ0n) is 9.23. The number of hydrogen-bond donors (Lipinski definition) is 1. The van der Waals surface area contributed by atoms with Gasteiger partial charge in [0.05, 0.1) is 5.38 Å². The van der Waals surface area contributed by atoms with Crippen molar-refractivity contribution in [2.75, 3.05) is 5.32 Å². The summed E-state index contributed by atoms with van der Waals surface area (Å²) in [6, 6.07) is 3.26. The number of amides is 1. The summed E-state index contributed by atoms with van der Waals surface area (Å²) in [5.41, 5.74) is 0. The van der Waals surface area contributed by atoms with Crippen molar-refractivity contribution in [1.29, 1.82) is 0 Å². The van der Waals surface area contributed by atoms with Crippen LogP contribution in [-0.2, 0) is 0 Å². The van der Waals surface area contributed by atoms with Crippen LogP contribution in [0.3, 0.4) is 0 Å². The van der Waals surface area contributed by atoms with Crippen LogP contribution < -0.4 is 5.32 Å². The second-order valence-corrected chi connectivity index (χ2v) is 5.23. The molecule has 0 spiro atoms. The number of rotatable bonds is 3. The number of furan rings is 1. The standard InChI is InChI=1S/C10H10ClN3O2S/c1-5(11)7-3-4-8(16-7)9(15)12-10-14-13-6(2)17-10/h3-5H,1-2H3,(H,12,14,15). The molecule has 2 aromatic rings. The monoisotopic (exact) mass is 271 g/mol. The van der Waals surface area contributed by atoms with E-state index < -0.39 is 0 Å². The topological polar surface area (TPSA) is 68.0 Å². The number of hydrogen-bond acceptors (Lipinski definition) is 5. The first-order chi connectivity index (χ1) is 8.06. The minimum Gasteiger partial charge on any atom is -0.454 e. The number of nitrogens with one attached hydrogen (secondary N) is 1. The first kappa shape index (κ1) is 12.1. The van der Waals surface area contributed by atoms with Crippen LogP contribution in [-0.4, -0.2) is 16.1 Å². The molecule has 0 bridgehead atoms. The minimum atomic E-state index is -0.357. The van der Waals surface area contributed by atoms with Crippen LogP contribution >= 0.6 is 22.9 Å². The van der Waals surface area contributed by atoms with Gasteiger partial charge in [-0.05, 0) is 26.0 Å². The molecule has 1 atom stereocenters. The lowest BCUT2D eigenvalue weighted by atomic mass is 10.3. The molecule has 1 amide bonds. The highest BCUT2D eigenvalue weighted by Crippen LogP contribution is 2.22. The number of anilines is 1. The van der Waals surface area contributed by atoms with Gasteiger partial charge < -0.3 is 4.42 Å². The van der Waals surface area contributed by atoms with Crippen molar-refractivity contribution in [1.82, 2.24) is 10.2 Å². The number of alkyl halides is 1. The third kappa shape index (κ3) is 2.83. The minimum absolute atomic E-state index is 0.209. The van der Waals surface area contributed by atoms with E-state index in [4.69, 9.17) is 16.0 Å². The Kier molecular flexibility index (Phi) is 3.44. The molecule has 0 aliphatic heterocycles. The lowest BCUT2D eigenvalue weighted by Gasteiger charge is -1.98. The number of aromatic nitrogens is 2. The molecule has 0 aromatic carbocycles.